The summed E-state index contributed by atoms with van der Waals surface area (Å²) in [5.41, 5.74) is 0.535. The van der Waals surface area contributed by atoms with Crippen molar-refractivity contribution >= 4 is 6.03 Å². The van der Waals surface area contributed by atoms with Gasteiger partial charge in [-0.3, -0.25) is 0 Å². The maximum absolute atomic E-state index is 12.3. The highest BCUT2D eigenvalue weighted by Gasteiger charge is 2.36. The molecule has 0 radical (unpaired) electrons. The lowest BCUT2D eigenvalue weighted by Crippen LogP contribution is -2.51. The fourth-order valence-electron chi connectivity index (χ4n) is 4.15. The summed E-state index contributed by atoms with van der Waals surface area (Å²) in [6.45, 7) is 4.24. The molecule has 3 fully saturated rings. The second kappa shape index (κ2) is 6.33. The number of rotatable bonds is 1. The number of carbonyl (C=O) groups excluding carboxylic acids is 1. The van der Waals surface area contributed by atoms with E-state index in [2.05, 4.69) is 15.5 Å². The molecule has 20 heavy (non-hydrogen) atoms. The fraction of sp³-hybridized carbons (Fsp3) is 0.938. The van der Waals surface area contributed by atoms with E-state index < -0.39 is 0 Å². The van der Waals surface area contributed by atoms with E-state index in [1.165, 1.54) is 57.8 Å². The summed E-state index contributed by atoms with van der Waals surface area (Å²) in [6, 6.07) is 0.631. The number of amides is 2. The zero-order valence-corrected chi connectivity index (χ0v) is 12.6. The first-order chi connectivity index (χ1) is 9.77. The fourth-order valence-corrected chi connectivity index (χ4v) is 4.15. The standard InChI is InChI=1S/C16H29N3O/c20-15(18-14-4-2-1-3-5-14)19-12-8-16(9-13-19)6-10-17-11-7-16/h14,17H,1-13H2,(H,18,20). The zero-order valence-electron chi connectivity index (χ0n) is 12.6. The Morgan fingerprint density at radius 2 is 1.65 bits per heavy atom. The molecule has 2 amide bonds. The molecule has 1 saturated carbocycles. The van der Waals surface area contributed by atoms with Crippen LogP contribution >= 0.6 is 0 Å². The topological polar surface area (TPSA) is 44.4 Å². The van der Waals surface area contributed by atoms with E-state index in [1.807, 2.05) is 0 Å². The highest BCUT2D eigenvalue weighted by atomic mass is 16.2. The first-order valence-electron chi connectivity index (χ1n) is 8.54. The molecule has 1 aliphatic carbocycles. The Morgan fingerprint density at radius 3 is 2.30 bits per heavy atom. The third kappa shape index (κ3) is 3.27. The van der Waals surface area contributed by atoms with Gasteiger partial charge in [-0.25, -0.2) is 4.79 Å². The normalized spacial score (nSPS) is 27.5. The Labute approximate surface area is 122 Å². The van der Waals surface area contributed by atoms with Gasteiger partial charge in [-0.05, 0) is 57.0 Å². The Kier molecular flexibility index (Phi) is 4.49. The van der Waals surface area contributed by atoms with Crippen molar-refractivity contribution < 1.29 is 4.79 Å². The van der Waals surface area contributed by atoms with Gasteiger partial charge < -0.3 is 15.5 Å². The van der Waals surface area contributed by atoms with Gasteiger partial charge >= 0.3 is 6.03 Å². The lowest BCUT2D eigenvalue weighted by molar-refractivity contribution is 0.0860. The van der Waals surface area contributed by atoms with Crippen molar-refractivity contribution in [3.05, 3.63) is 0 Å². The number of urea groups is 1. The predicted octanol–water partition coefficient (Wildman–Crippen LogP) is 2.49. The molecule has 0 bridgehead atoms. The average molecular weight is 279 g/mol. The first kappa shape index (κ1) is 14.2. The Balaban J connectivity index is 1.46. The summed E-state index contributed by atoms with van der Waals surface area (Å²) in [5, 5.41) is 6.71. The summed E-state index contributed by atoms with van der Waals surface area (Å²) in [7, 11) is 0. The van der Waals surface area contributed by atoms with Crippen LogP contribution in [-0.4, -0.2) is 43.2 Å². The Hall–Kier alpha value is -0.770. The molecule has 114 valence electrons. The number of hydrogen-bond acceptors (Lipinski definition) is 2. The highest BCUT2D eigenvalue weighted by Crippen LogP contribution is 2.39. The van der Waals surface area contributed by atoms with E-state index in [9.17, 15) is 4.79 Å². The minimum atomic E-state index is 0.195. The van der Waals surface area contributed by atoms with Gasteiger partial charge in [-0.15, -0.1) is 0 Å². The van der Waals surface area contributed by atoms with Crippen LogP contribution in [0.2, 0.25) is 0 Å². The predicted molar refractivity (Wildman–Crippen MR) is 80.7 cm³/mol. The quantitative estimate of drug-likeness (QED) is 0.774. The van der Waals surface area contributed by atoms with Crippen molar-refractivity contribution in [2.45, 2.75) is 63.8 Å². The van der Waals surface area contributed by atoms with Crippen molar-refractivity contribution in [2.75, 3.05) is 26.2 Å². The minimum absolute atomic E-state index is 0.195. The first-order valence-corrected chi connectivity index (χ1v) is 8.54. The van der Waals surface area contributed by atoms with Crippen LogP contribution in [0.25, 0.3) is 0 Å². The summed E-state index contributed by atoms with van der Waals surface area (Å²) in [5.74, 6) is 0. The molecule has 0 atom stereocenters. The van der Waals surface area contributed by atoms with Crippen LogP contribution in [-0.2, 0) is 0 Å². The highest BCUT2D eigenvalue weighted by molar-refractivity contribution is 5.74. The lowest BCUT2D eigenvalue weighted by atomic mass is 9.72. The molecular weight excluding hydrogens is 250 g/mol. The molecule has 3 rings (SSSR count). The van der Waals surface area contributed by atoms with E-state index in [-0.39, 0.29) is 6.03 Å². The summed E-state index contributed by atoms with van der Waals surface area (Å²) in [6.07, 6.45) is 11.2. The SMILES string of the molecule is O=C(NC1CCCCC1)N1CCC2(CCNCC2)CC1. The Morgan fingerprint density at radius 1 is 1.00 bits per heavy atom. The zero-order chi connectivity index (χ0) is 13.8. The molecule has 0 unspecified atom stereocenters. The molecule has 3 aliphatic rings. The van der Waals surface area contributed by atoms with Crippen molar-refractivity contribution in [1.82, 2.24) is 15.5 Å². The van der Waals surface area contributed by atoms with Crippen LogP contribution in [0.1, 0.15) is 57.8 Å². The van der Waals surface area contributed by atoms with Crippen molar-refractivity contribution in [1.29, 1.82) is 0 Å². The monoisotopic (exact) mass is 279 g/mol. The van der Waals surface area contributed by atoms with Gasteiger partial charge in [0.2, 0.25) is 0 Å². The molecule has 2 aliphatic heterocycles. The number of piperidine rings is 2. The average Bonchev–Trinajstić information content (AvgIpc) is 2.50. The van der Waals surface area contributed by atoms with E-state index in [0.717, 1.165) is 26.2 Å². The van der Waals surface area contributed by atoms with Crippen LogP contribution in [0.15, 0.2) is 0 Å². The summed E-state index contributed by atoms with van der Waals surface area (Å²) in [4.78, 5) is 14.4. The van der Waals surface area contributed by atoms with Gasteiger partial charge in [-0.2, -0.15) is 0 Å². The van der Waals surface area contributed by atoms with Crippen LogP contribution in [0.4, 0.5) is 4.79 Å². The molecule has 4 nitrogen and oxygen atoms in total. The number of nitrogens with one attached hydrogen (secondary N) is 2. The van der Waals surface area contributed by atoms with Crippen LogP contribution in [0, 0.1) is 5.41 Å². The van der Waals surface area contributed by atoms with E-state index in [1.54, 1.807) is 0 Å². The Bertz CT molecular complexity index is 323. The third-order valence-electron chi connectivity index (χ3n) is 5.71. The largest absolute Gasteiger partial charge is 0.335 e. The van der Waals surface area contributed by atoms with Gasteiger partial charge in [-0.1, -0.05) is 19.3 Å². The van der Waals surface area contributed by atoms with Gasteiger partial charge in [0.25, 0.3) is 0 Å². The van der Waals surface area contributed by atoms with Gasteiger partial charge in [0.1, 0.15) is 0 Å². The van der Waals surface area contributed by atoms with Crippen LogP contribution < -0.4 is 10.6 Å². The van der Waals surface area contributed by atoms with E-state index in [0.29, 0.717) is 11.5 Å². The lowest BCUT2D eigenvalue weighted by Gasteiger charge is -2.44. The molecular formula is C16H29N3O. The third-order valence-corrected chi connectivity index (χ3v) is 5.71. The number of carbonyl (C=O) groups is 1. The summed E-state index contributed by atoms with van der Waals surface area (Å²) >= 11 is 0. The molecule has 2 heterocycles. The van der Waals surface area contributed by atoms with Crippen molar-refractivity contribution in [3.63, 3.8) is 0 Å². The molecule has 0 aromatic carbocycles. The molecule has 2 N–H and O–H groups in total. The minimum Gasteiger partial charge on any atom is -0.335 e. The number of hydrogen-bond donors (Lipinski definition) is 2. The van der Waals surface area contributed by atoms with Crippen molar-refractivity contribution in [2.24, 2.45) is 5.41 Å². The number of likely N-dealkylation sites (tertiary alicyclic amines) is 1. The molecule has 1 spiro atoms. The van der Waals surface area contributed by atoms with Gasteiger partial charge in [0, 0.05) is 19.1 Å². The molecule has 2 saturated heterocycles. The van der Waals surface area contributed by atoms with Gasteiger partial charge in [0.15, 0.2) is 0 Å². The van der Waals surface area contributed by atoms with Crippen molar-refractivity contribution in [3.8, 4) is 0 Å². The number of nitrogens with zero attached hydrogens (tertiary/aromatic N) is 1. The maximum Gasteiger partial charge on any atom is 0.317 e. The molecule has 4 heteroatoms. The second-order valence-electron chi connectivity index (χ2n) is 7.02. The van der Waals surface area contributed by atoms with Crippen LogP contribution in [0.5, 0.6) is 0 Å². The second-order valence-corrected chi connectivity index (χ2v) is 7.02. The van der Waals surface area contributed by atoms with E-state index in [4.69, 9.17) is 0 Å². The smallest absolute Gasteiger partial charge is 0.317 e. The maximum atomic E-state index is 12.3. The molecule has 0 aromatic rings. The van der Waals surface area contributed by atoms with Crippen LogP contribution in [0.3, 0.4) is 0 Å². The molecule has 0 aromatic heterocycles. The van der Waals surface area contributed by atoms with E-state index >= 15 is 0 Å². The van der Waals surface area contributed by atoms with Gasteiger partial charge in [0.05, 0.1) is 0 Å². The summed E-state index contributed by atoms with van der Waals surface area (Å²) < 4.78 is 0.